The molecule has 0 radical (unpaired) electrons. The van der Waals surface area contributed by atoms with Crippen LogP contribution in [0.15, 0.2) is 48.5 Å². The Morgan fingerprint density at radius 3 is 2.09 bits per heavy atom. The zero-order valence-electron chi connectivity index (χ0n) is 18.8. The van der Waals surface area contributed by atoms with Gasteiger partial charge in [0.05, 0.1) is 6.54 Å². The number of carbonyl (C=O) groups is 3. The van der Waals surface area contributed by atoms with Crippen molar-refractivity contribution < 1.29 is 27.6 Å². The molecule has 184 valence electrons. The van der Waals surface area contributed by atoms with Gasteiger partial charge in [0.25, 0.3) is 5.91 Å². The SMILES string of the molecule is CCCN(CCC)C(=O)N(Cc1ccc(C(=O)NNC(=O)C(F)(F)F)cc1)c1cccc(Cl)c1. The van der Waals surface area contributed by atoms with Crippen LogP contribution in [0.1, 0.15) is 42.6 Å². The topological polar surface area (TPSA) is 81.8 Å². The number of halogens is 4. The molecule has 34 heavy (non-hydrogen) atoms. The van der Waals surface area contributed by atoms with E-state index in [1.54, 1.807) is 51.6 Å². The Balaban J connectivity index is 2.20. The van der Waals surface area contributed by atoms with E-state index in [1.165, 1.54) is 17.6 Å². The maximum atomic E-state index is 13.4. The molecule has 0 aromatic heterocycles. The summed E-state index contributed by atoms with van der Waals surface area (Å²) in [7, 11) is 0. The van der Waals surface area contributed by atoms with E-state index in [0.29, 0.717) is 29.4 Å². The summed E-state index contributed by atoms with van der Waals surface area (Å²) in [6.07, 6.45) is -3.52. The summed E-state index contributed by atoms with van der Waals surface area (Å²) in [6, 6.07) is 12.6. The third-order valence-electron chi connectivity index (χ3n) is 4.71. The van der Waals surface area contributed by atoms with Gasteiger partial charge < -0.3 is 4.90 Å². The lowest BCUT2D eigenvalue weighted by Crippen LogP contribution is -2.47. The first-order valence-electron chi connectivity index (χ1n) is 10.6. The summed E-state index contributed by atoms with van der Waals surface area (Å²) >= 11 is 6.14. The van der Waals surface area contributed by atoms with Crippen LogP contribution < -0.4 is 15.8 Å². The van der Waals surface area contributed by atoms with Crippen molar-refractivity contribution in [1.82, 2.24) is 15.8 Å². The predicted molar refractivity (Wildman–Crippen MR) is 123 cm³/mol. The molecular formula is C23H26ClF3N4O3. The molecule has 0 heterocycles. The largest absolute Gasteiger partial charge is 0.472 e. The van der Waals surface area contributed by atoms with Gasteiger partial charge >= 0.3 is 18.1 Å². The lowest BCUT2D eigenvalue weighted by atomic mass is 10.1. The Hall–Kier alpha value is -3.27. The van der Waals surface area contributed by atoms with Crippen LogP contribution in [0.2, 0.25) is 5.02 Å². The summed E-state index contributed by atoms with van der Waals surface area (Å²) in [5.74, 6) is -3.19. The van der Waals surface area contributed by atoms with Crippen LogP contribution in [-0.4, -0.2) is 42.0 Å². The second kappa shape index (κ2) is 12.3. The summed E-state index contributed by atoms with van der Waals surface area (Å²) in [5, 5.41) is 0.473. The first-order chi connectivity index (χ1) is 16.1. The molecule has 0 saturated carbocycles. The molecule has 0 bridgehead atoms. The molecule has 0 spiro atoms. The highest BCUT2D eigenvalue weighted by atomic mass is 35.5. The number of nitrogens with one attached hydrogen (secondary N) is 2. The highest BCUT2D eigenvalue weighted by molar-refractivity contribution is 6.30. The quantitative estimate of drug-likeness (QED) is 0.507. The number of hydrogen-bond donors (Lipinski definition) is 2. The fourth-order valence-electron chi connectivity index (χ4n) is 3.13. The minimum Gasteiger partial charge on any atom is -0.324 e. The van der Waals surface area contributed by atoms with Gasteiger partial charge in [-0.05, 0) is 48.7 Å². The van der Waals surface area contributed by atoms with Gasteiger partial charge in [-0.1, -0.05) is 43.6 Å². The van der Waals surface area contributed by atoms with E-state index in [1.807, 2.05) is 13.8 Å². The highest BCUT2D eigenvalue weighted by Crippen LogP contribution is 2.23. The van der Waals surface area contributed by atoms with Crippen molar-refractivity contribution in [2.45, 2.75) is 39.4 Å². The molecule has 0 fully saturated rings. The van der Waals surface area contributed by atoms with Crippen molar-refractivity contribution in [2.75, 3.05) is 18.0 Å². The van der Waals surface area contributed by atoms with Crippen LogP contribution in [0.5, 0.6) is 0 Å². The van der Waals surface area contributed by atoms with E-state index < -0.39 is 18.0 Å². The number of alkyl halides is 3. The number of rotatable bonds is 8. The van der Waals surface area contributed by atoms with Crippen molar-refractivity contribution in [3.05, 3.63) is 64.7 Å². The standard InChI is InChI=1S/C23H26ClF3N4O3/c1-3-12-30(13-4-2)22(34)31(19-7-5-6-18(24)14-19)15-16-8-10-17(11-9-16)20(32)28-29-21(33)23(25,26)27/h5-11,14H,3-4,12-13,15H2,1-2H3,(H,28,32)(H,29,33). The molecule has 2 aromatic carbocycles. The zero-order valence-corrected chi connectivity index (χ0v) is 19.5. The molecule has 2 rings (SSSR count). The van der Waals surface area contributed by atoms with E-state index in [9.17, 15) is 27.6 Å². The number of nitrogens with zero attached hydrogens (tertiary/aromatic N) is 2. The van der Waals surface area contributed by atoms with Gasteiger partial charge in [0.2, 0.25) is 0 Å². The minimum atomic E-state index is -5.11. The second-order valence-electron chi connectivity index (χ2n) is 7.44. The van der Waals surface area contributed by atoms with Gasteiger partial charge in [-0.25, -0.2) is 4.79 Å². The van der Waals surface area contributed by atoms with Crippen LogP contribution >= 0.6 is 11.6 Å². The lowest BCUT2D eigenvalue weighted by Gasteiger charge is -2.31. The number of amides is 4. The van der Waals surface area contributed by atoms with Crippen molar-refractivity contribution in [1.29, 1.82) is 0 Å². The molecule has 11 heteroatoms. The smallest absolute Gasteiger partial charge is 0.324 e. The van der Waals surface area contributed by atoms with E-state index >= 15 is 0 Å². The normalized spacial score (nSPS) is 11.0. The third kappa shape index (κ3) is 7.65. The van der Waals surface area contributed by atoms with Crippen LogP contribution in [-0.2, 0) is 11.3 Å². The van der Waals surface area contributed by atoms with Crippen molar-refractivity contribution >= 4 is 35.1 Å². The maximum absolute atomic E-state index is 13.4. The van der Waals surface area contributed by atoms with Gasteiger partial charge in [-0.3, -0.25) is 25.3 Å². The Labute approximate surface area is 200 Å². The first kappa shape index (κ1) is 27.0. The Bertz CT molecular complexity index is 994. The molecule has 0 aliphatic carbocycles. The molecule has 4 amide bonds. The molecule has 0 unspecified atom stereocenters. The van der Waals surface area contributed by atoms with Crippen LogP contribution in [0, 0.1) is 0 Å². The van der Waals surface area contributed by atoms with Crippen LogP contribution in [0.25, 0.3) is 0 Å². The van der Waals surface area contributed by atoms with Crippen LogP contribution in [0.3, 0.4) is 0 Å². The number of benzene rings is 2. The van der Waals surface area contributed by atoms with E-state index in [2.05, 4.69) is 0 Å². The molecule has 2 N–H and O–H groups in total. The van der Waals surface area contributed by atoms with Gasteiger partial charge in [0.15, 0.2) is 0 Å². The van der Waals surface area contributed by atoms with Crippen molar-refractivity contribution in [3.63, 3.8) is 0 Å². The monoisotopic (exact) mass is 498 g/mol. The second-order valence-corrected chi connectivity index (χ2v) is 7.88. The zero-order chi connectivity index (χ0) is 25.3. The first-order valence-corrected chi connectivity index (χ1v) is 11.0. The Kier molecular flexibility index (Phi) is 9.73. The number of hydrogen-bond acceptors (Lipinski definition) is 3. The summed E-state index contributed by atoms with van der Waals surface area (Å²) in [5.41, 5.74) is 4.34. The van der Waals surface area contributed by atoms with Crippen molar-refractivity contribution in [2.24, 2.45) is 0 Å². The van der Waals surface area contributed by atoms with E-state index in [0.717, 1.165) is 12.8 Å². The molecule has 0 aliphatic heterocycles. The van der Waals surface area contributed by atoms with E-state index in [-0.39, 0.29) is 18.1 Å². The number of hydrazine groups is 1. The summed E-state index contributed by atoms with van der Waals surface area (Å²) in [4.78, 5) is 39.6. The Morgan fingerprint density at radius 1 is 0.941 bits per heavy atom. The van der Waals surface area contributed by atoms with Gasteiger partial charge in [0, 0.05) is 29.4 Å². The fourth-order valence-corrected chi connectivity index (χ4v) is 3.31. The Morgan fingerprint density at radius 2 is 1.56 bits per heavy atom. The number of carbonyl (C=O) groups excluding carboxylic acids is 3. The molecule has 0 saturated heterocycles. The molecule has 0 aliphatic rings. The molecule has 2 aromatic rings. The number of urea groups is 1. The molecule has 7 nitrogen and oxygen atoms in total. The minimum absolute atomic E-state index is 0.0328. The molecule has 0 atom stereocenters. The van der Waals surface area contributed by atoms with Gasteiger partial charge in [0.1, 0.15) is 0 Å². The van der Waals surface area contributed by atoms with Gasteiger partial charge in [-0.15, -0.1) is 0 Å². The fraction of sp³-hybridized carbons (Fsp3) is 0.348. The third-order valence-corrected chi connectivity index (χ3v) is 4.95. The highest BCUT2D eigenvalue weighted by Gasteiger charge is 2.39. The average Bonchev–Trinajstić information content (AvgIpc) is 2.80. The average molecular weight is 499 g/mol. The van der Waals surface area contributed by atoms with Gasteiger partial charge in [-0.2, -0.15) is 13.2 Å². The predicted octanol–water partition coefficient (Wildman–Crippen LogP) is 4.91. The summed E-state index contributed by atoms with van der Waals surface area (Å²) < 4.78 is 36.8. The van der Waals surface area contributed by atoms with E-state index in [4.69, 9.17) is 11.6 Å². The summed E-state index contributed by atoms with van der Waals surface area (Å²) in [6.45, 7) is 5.33. The number of anilines is 1. The molecular weight excluding hydrogens is 473 g/mol. The van der Waals surface area contributed by atoms with Crippen molar-refractivity contribution in [3.8, 4) is 0 Å². The maximum Gasteiger partial charge on any atom is 0.472 e. The lowest BCUT2D eigenvalue weighted by molar-refractivity contribution is -0.174. The van der Waals surface area contributed by atoms with Crippen LogP contribution in [0.4, 0.5) is 23.7 Å².